The molecule has 82 valence electrons. The molecule has 0 aliphatic rings. The number of hydrogen-bond donors (Lipinski definition) is 2. The third kappa shape index (κ3) is 2.70. The maximum Gasteiger partial charge on any atom is 0.490 e. The fourth-order valence-electron chi connectivity index (χ4n) is 1.18. The van der Waals surface area contributed by atoms with Crippen LogP contribution >= 0.6 is 0 Å². The fourth-order valence-corrected chi connectivity index (χ4v) is 1.18. The molecule has 0 aromatic carbocycles. The zero-order valence-corrected chi connectivity index (χ0v) is 7.91. The molecular formula is C8H9BF3NO2. The SMILES string of the molecule is CCc1ncc(C(F)(F)F)cc1B(O)O. The van der Waals surface area contributed by atoms with Crippen LogP contribution in [-0.2, 0) is 12.6 Å². The maximum atomic E-state index is 12.3. The Morgan fingerprint density at radius 3 is 2.40 bits per heavy atom. The van der Waals surface area contributed by atoms with Gasteiger partial charge in [0.2, 0.25) is 0 Å². The van der Waals surface area contributed by atoms with Gasteiger partial charge < -0.3 is 10.0 Å². The molecule has 0 saturated heterocycles. The number of pyridine rings is 1. The Kier molecular flexibility index (Phi) is 3.36. The molecule has 0 saturated carbocycles. The average molecular weight is 219 g/mol. The quantitative estimate of drug-likeness (QED) is 0.705. The number of rotatable bonds is 2. The lowest BCUT2D eigenvalue weighted by Crippen LogP contribution is -2.34. The highest BCUT2D eigenvalue weighted by atomic mass is 19.4. The van der Waals surface area contributed by atoms with Gasteiger partial charge in [0, 0.05) is 17.4 Å². The van der Waals surface area contributed by atoms with E-state index in [1.807, 2.05) is 0 Å². The van der Waals surface area contributed by atoms with Crippen molar-refractivity contribution in [1.82, 2.24) is 4.98 Å². The molecule has 2 N–H and O–H groups in total. The van der Waals surface area contributed by atoms with Crippen molar-refractivity contribution in [3.05, 3.63) is 23.5 Å². The van der Waals surface area contributed by atoms with Crippen molar-refractivity contribution >= 4 is 12.6 Å². The summed E-state index contributed by atoms with van der Waals surface area (Å²) < 4.78 is 36.8. The van der Waals surface area contributed by atoms with Gasteiger partial charge in [-0.25, -0.2) is 0 Å². The number of alkyl halides is 3. The highest BCUT2D eigenvalue weighted by Crippen LogP contribution is 2.27. The zero-order valence-electron chi connectivity index (χ0n) is 7.91. The molecule has 0 atom stereocenters. The van der Waals surface area contributed by atoms with E-state index in [4.69, 9.17) is 10.0 Å². The van der Waals surface area contributed by atoms with Crippen molar-refractivity contribution in [2.75, 3.05) is 0 Å². The molecule has 0 bridgehead atoms. The van der Waals surface area contributed by atoms with Crippen LogP contribution in [0.3, 0.4) is 0 Å². The number of aryl methyl sites for hydroxylation is 1. The molecule has 15 heavy (non-hydrogen) atoms. The number of halogens is 3. The first-order valence-corrected chi connectivity index (χ1v) is 4.28. The molecule has 0 fully saturated rings. The monoisotopic (exact) mass is 219 g/mol. The molecule has 1 aromatic rings. The van der Waals surface area contributed by atoms with Gasteiger partial charge in [-0.05, 0) is 12.5 Å². The number of aromatic nitrogens is 1. The van der Waals surface area contributed by atoms with E-state index in [-0.39, 0.29) is 11.2 Å². The first-order valence-electron chi connectivity index (χ1n) is 4.28. The van der Waals surface area contributed by atoms with Crippen LogP contribution in [0, 0.1) is 0 Å². The Morgan fingerprint density at radius 1 is 1.40 bits per heavy atom. The summed E-state index contributed by atoms with van der Waals surface area (Å²) >= 11 is 0. The third-order valence-electron chi connectivity index (χ3n) is 1.94. The first-order chi connectivity index (χ1) is 6.86. The van der Waals surface area contributed by atoms with Crippen molar-refractivity contribution in [1.29, 1.82) is 0 Å². The molecule has 3 nitrogen and oxygen atoms in total. The second kappa shape index (κ2) is 4.20. The maximum absolute atomic E-state index is 12.3. The van der Waals surface area contributed by atoms with E-state index in [1.54, 1.807) is 6.92 Å². The summed E-state index contributed by atoms with van der Waals surface area (Å²) in [5, 5.41) is 17.7. The Labute approximate surface area is 84.7 Å². The van der Waals surface area contributed by atoms with E-state index >= 15 is 0 Å². The Morgan fingerprint density at radius 2 is 2.00 bits per heavy atom. The van der Waals surface area contributed by atoms with Gasteiger partial charge in [0.15, 0.2) is 0 Å². The lowest BCUT2D eigenvalue weighted by Gasteiger charge is -2.10. The molecular weight excluding hydrogens is 210 g/mol. The zero-order chi connectivity index (χ0) is 11.6. The van der Waals surface area contributed by atoms with Crippen LogP contribution in [0.2, 0.25) is 0 Å². The smallest absolute Gasteiger partial charge is 0.423 e. The van der Waals surface area contributed by atoms with Crippen molar-refractivity contribution < 1.29 is 23.2 Å². The van der Waals surface area contributed by atoms with Gasteiger partial charge in [-0.3, -0.25) is 4.98 Å². The summed E-state index contributed by atoms with van der Waals surface area (Å²) in [6, 6.07) is 0.705. The Hall–Kier alpha value is -1.08. The first kappa shape index (κ1) is 12.0. The minimum Gasteiger partial charge on any atom is -0.423 e. The van der Waals surface area contributed by atoms with E-state index < -0.39 is 18.9 Å². The topological polar surface area (TPSA) is 53.4 Å². The highest BCUT2D eigenvalue weighted by Gasteiger charge is 2.32. The van der Waals surface area contributed by atoms with Gasteiger partial charge in [-0.2, -0.15) is 13.2 Å². The number of nitrogens with zero attached hydrogens (tertiary/aromatic N) is 1. The molecule has 0 aliphatic carbocycles. The summed E-state index contributed by atoms with van der Waals surface area (Å²) in [5.74, 6) is 0. The second-order valence-corrected chi connectivity index (χ2v) is 2.98. The van der Waals surface area contributed by atoms with E-state index in [9.17, 15) is 13.2 Å². The Balaban J connectivity index is 3.22. The van der Waals surface area contributed by atoms with Gasteiger partial charge >= 0.3 is 13.3 Å². The lowest BCUT2D eigenvalue weighted by molar-refractivity contribution is -0.137. The van der Waals surface area contributed by atoms with Crippen LogP contribution in [0.25, 0.3) is 0 Å². The highest BCUT2D eigenvalue weighted by molar-refractivity contribution is 6.59. The van der Waals surface area contributed by atoms with Crippen LogP contribution in [0.5, 0.6) is 0 Å². The minimum atomic E-state index is -4.52. The third-order valence-corrected chi connectivity index (χ3v) is 1.94. The van der Waals surface area contributed by atoms with Crippen molar-refractivity contribution in [2.45, 2.75) is 19.5 Å². The molecule has 1 rings (SSSR count). The predicted molar refractivity (Wildman–Crippen MR) is 48.4 cm³/mol. The van der Waals surface area contributed by atoms with Gasteiger partial charge in [-0.1, -0.05) is 6.92 Å². The summed E-state index contributed by atoms with van der Waals surface area (Å²) in [7, 11) is -1.94. The summed E-state index contributed by atoms with van der Waals surface area (Å²) in [4.78, 5) is 3.54. The largest absolute Gasteiger partial charge is 0.490 e. The van der Waals surface area contributed by atoms with E-state index in [0.717, 1.165) is 0 Å². The van der Waals surface area contributed by atoms with E-state index in [1.165, 1.54) is 0 Å². The van der Waals surface area contributed by atoms with Gasteiger partial charge in [0.05, 0.1) is 5.56 Å². The standard InChI is InChI=1S/C8H9BF3NO2/c1-2-7-6(9(14)15)3-5(4-13-7)8(10,11)12/h3-4,14-15H,2H2,1H3. The number of hydrogen-bond acceptors (Lipinski definition) is 3. The normalized spacial score (nSPS) is 11.6. The molecule has 0 unspecified atom stereocenters. The van der Waals surface area contributed by atoms with Gasteiger partial charge in [0.25, 0.3) is 0 Å². The Bertz CT molecular complexity index is 354. The predicted octanol–water partition coefficient (Wildman–Crippen LogP) is 0.343. The van der Waals surface area contributed by atoms with Crippen LogP contribution in [0.15, 0.2) is 12.3 Å². The molecule has 0 spiro atoms. The fraction of sp³-hybridized carbons (Fsp3) is 0.375. The van der Waals surface area contributed by atoms with Crippen molar-refractivity contribution in [3.63, 3.8) is 0 Å². The minimum absolute atomic E-state index is 0.202. The van der Waals surface area contributed by atoms with Crippen LogP contribution in [0.4, 0.5) is 13.2 Å². The summed E-state index contributed by atoms with van der Waals surface area (Å²) in [6.45, 7) is 1.67. The molecule has 1 aromatic heterocycles. The van der Waals surface area contributed by atoms with Gasteiger partial charge in [-0.15, -0.1) is 0 Å². The lowest BCUT2D eigenvalue weighted by atomic mass is 9.78. The van der Waals surface area contributed by atoms with Crippen LogP contribution in [-0.4, -0.2) is 22.2 Å². The molecule has 7 heteroatoms. The summed E-state index contributed by atoms with van der Waals surface area (Å²) in [5.41, 5.74) is -0.937. The van der Waals surface area contributed by atoms with E-state index in [2.05, 4.69) is 4.98 Å². The molecule has 0 amide bonds. The van der Waals surface area contributed by atoms with Crippen LogP contribution < -0.4 is 5.46 Å². The summed E-state index contributed by atoms with van der Waals surface area (Å²) in [6.07, 6.45) is -3.50. The van der Waals surface area contributed by atoms with Gasteiger partial charge in [0.1, 0.15) is 0 Å². The van der Waals surface area contributed by atoms with E-state index in [0.29, 0.717) is 18.7 Å². The van der Waals surface area contributed by atoms with Crippen molar-refractivity contribution in [2.24, 2.45) is 0 Å². The second-order valence-electron chi connectivity index (χ2n) is 2.98. The van der Waals surface area contributed by atoms with Crippen molar-refractivity contribution in [3.8, 4) is 0 Å². The van der Waals surface area contributed by atoms with Crippen LogP contribution in [0.1, 0.15) is 18.2 Å². The average Bonchev–Trinajstić information content (AvgIpc) is 2.15. The molecule has 0 aliphatic heterocycles. The molecule has 1 heterocycles. The molecule has 0 radical (unpaired) electrons.